The van der Waals surface area contributed by atoms with Gasteiger partial charge in [0.1, 0.15) is 0 Å². The van der Waals surface area contributed by atoms with Crippen LogP contribution in [0.1, 0.15) is 10.4 Å². The Bertz CT molecular complexity index is 718. The van der Waals surface area contributed by atoms with Crippen LogP contribution in [0.5, 0.6) is 0 Å². The minimum absolute atomic E-state index is 0.787. The van der Waals surface area contributed by atoms with Crippen LogP contribution in [-0.4, -0.2) is 4.98 Å². The Morgan fingerprint density at radius 3 is 2.89 bits per heavy atom. The number of hydrogen-bond acceptors (Lipinski definition) is 4. The molecule has 3 N–H and O–H groups in total. The van der Waals surface area contributed by atoms with Crippen LogP contribution in [0.4, 0.5) is 11.4 Å². The highest BCUT2D eigenvalue weighted by Crippen LogP contribution is 2.28. The van der Waals surface area contributed by atoms with Gasteiger partial charge in [0.05, 0.1) is 0 Å². The molecule has 0 fully saturated rings. The van der Waals surface area contributed by atoms with Crippen LogP contribution in [0.15, 0.2) is 42.0 Å². The number of pyridine rings is 1. The lowest BCUT2D eigenvalue weighted by Crippen LogP contribution is -2.00. The first kappa shape index (κ1) is 12.0. The molecular formula is C15H15N3S. The Morgan fingerprint density at radius 2 is 2.11 bits per heavy atom. The Morgan fingerprint density at radius 1 is 1.21 bits per heavy atom. The second kappa shape index (κ2) is 4.90. The molecule has 0 spiro atoms. The third-order valence-corrected chi connectivity index (χ3v) is 4.28. The van der Waals surface area contributed by atoms with Crippen molar-refractivity contribution in [2.75, 3.05) is 11.1 Å². The molecule has 1 aromatic carbocycles. The Labute approximate surface area is 116 Å². The molecule has 3 nitrogen and oxygen atoms in total. The van der Waals surface area contributed by atoms with Gasteiger partial charge in [-0.15, -0.1) is 11.3 Å². The number of thiophene rings is 1. The maximum absolute atomic E-state index is 5.99. The molecule has 4 heteroatoms. The van der Waals surface area contributed by atoms with E-state index in [1.54, 1.807) is 17.5 Å². The summed E-state index contributed by atoms with van der Waals surface area (Å²) >= 11 is 1.77. The first-order valence-corrected chi connectivity index (χ1v) is 7.03. The standard InChI is InChI=1S/C15H15N3S/c1-10-5-7-19-15(10)9-18-14-3-2-13(16)11-4-6-17-8-12(11)14/h2-8,18H,9,16H2,1H3. The molecule has 3 rings (SSSR count). The molecule has 0 saturated carbocycles. The zero-order valence-electron chi connectivity index (χ0n) is 10.7. The summed E-state index contributed by atoms with van der Waals surface area (Å²) in [7, 11) is 0. The fourth-order valence-electron chi connectivity index (χ4n) is 2.13. The van der Waals surface area contributed by atoms with Crippen molar-refractivity contribution in [3.05, 3.63) is 52.5 Å². The number of nitrogens with zero attached hydrogens (tertiary/aromatic N) is 1. The molecule has 0 aliphatic carbocycles. The number of anilines is 2. The lowest BCUT2D eigenvalue weighted by molar-refractivity contribution is 1.17. The van der Waals surface area contributed by atoms with Crippen LogP contribution in [0.2, 0.25) is 0 Å². The Kier molecular flexibility index (Phi) is 3.09. The number of nitrogen functional groups attached to an aromatic ring is 1. The van der Waals surface area contributed by atoms with E-state index < -0.39 is 0 Å². The predicted octanol–water partition coefficient (Wildman–Crippen LogP) is 3.80. The SMILES string of the molecule is Cc1ccsc1CNc1ccc(N)c2ccncc12. The fraction of sp³-hybridized carbons (Fsp3) is 0.133. The lowest BCUT2D eigenvalue weighted by atomic mass is 10.1. The topological polar surface area (TPSA) is 50.9 Å². The first-order chi connectivity index (χ1) is 9.25. The Hall–Kier alpha value is -2.07. The van der Waals surface area contributed by atoms with Crippen molar-refractivity contribution in [3.63, 3.8) is 0 Å². The van der Waals surface area contributed by atoms with Gasteiger partial charge < -0.3 is 11.1 Å². The fourth-order valence-corrected chi connectivity index (χ4v) is 2.97. The third-order valence-electron chi connectivity index (χ3n) is 3.26. The molecule has 0 bridgehead atoms. The van der Waals surface area contributed by atoms with Crippen LogP contribution >= 0.6 is 11.3 Å². The summed E-state index contributed by atoms with van der Waals surface area (Å²) in [6.45, 7) is 2.97. The van der Waals surface area contributed by atoms with Crippen LogP contribution in [0.3, 0.4) is 0 Å². The van der Waals surface area contributed by atoms with Crippen LogP contribution < -0.4 is 11.1 Å². The quantitative estimate of drug-likeness (QED) is 0.711. The number of nitrogens with one attached hydrogen (secondary N) is 1. The van der Waals surface area contributed by atoms with E-state index in [1.807, 2.05) is 24.4 Å². The largest absolute Gasteiger partial charge is 0.398 e. The summed E-state index contributed by atoms with van der Waals surface area (Å²) in [6, 6.07) is 8.05. The minimum Gasteiger partial charge on any atom is -0.398 e. The highest BCUT2D eigenvalue weighted by Gasteiger charge is 2.05. The summed E-state index contributed by atoms with van der Waals surface area (Å²) in [5.41, 5.74) is 9.18. The van der Waals surface area contributed by atoms with Crippen molar-refractivity contribution < 1.29 is 0 Å². The highest BCUT2D eigenvalue weighted by atomic mass is 32.1. The van der Waals surface area contributed by atoms with Gasteiger partial charge >= 0.3 is 0 Å². The van der Waals surface area contributed by atoms with E-state index in [2.05, 4.69) is 28.7 Å². The summed E-state index contributed by atoms with van der Waals surface area (Å²) in [4.78, 5) is 5.54. The third kappa shape index (κ3) is 2.27. The summed E-state index contributed by atoms with van der Waals surface area (Å²) in [6.07, 6.45) is 3.63. The molecule has 0 unspecified atom stereocenters. The minimum atomic E-state index is 0.787. The van der Waals surface area contributed by atoms with Gasteiger partial charge in [-0.1, -0.05) is 0 Å². The maximum atomic E-state index is 5.99. The van der Waals surface area contributed by atoms with E-state index in [9.17, 15) is 0 Å². The van der Waals surface area contributed by atoms with Gasteiger partial charge in [0.2, 0.25) is 0 Å². The van der Waals surface area contributed by atoms with Gasteiger partial charge in [-0.25, -0.2) is 0 Å². The smallest absolute Gasteiger partial charge is 0.0497 e. The molecular weight excluding hydrogens is 254 g/mol. The highest BCUT2D eigenvalue weighted by molar-refractivity contribution is 7.10. The van der Waals surface area contributed by atoms with E-state index in [0.29, 0.717) is 0 Å². The molecule has 0 atom stereocenters. The summed E-state index contributed by atoms with van der Waals surface area (Å²) < 4.78 is 0. The van der Waals surface area contributed by atoms with Gasteiger partial charge in [-0.2, -0.15) is 0 Å². The Balaban J connectivity index is 1.93. The maximum Gasteiger partial charge on any atom is 0.0497 e. The predicted molar refractivity (Wildman–Crippen MR) is 82.5 cm³/mol. The first-order valence-electron chi connectivity index (χ1n) is 6.15. The van der Waals surface area contributed by atoms with E-state index >= 15 is 0 Å². The number of rotatable bonds is 3. The van der Waals surface area contributed by atoms with Crippen LogP contribution in [0, 0.1) is 6.92 Å². The monoisotopic (exact) mass is 269 g/mol. The van der Waals surface area contributed by atoms with Gasteiger partial charge in [0.15, 0.2) is 0 Å². The number of benzene rings is 1. The number of nitrogens with two attached hydrogens (primary N) is 1. The van der Waals surface area contributed by atoms with E-state index in [4.69, 9.17) is 5.73 Å². The molecule has 2 aromatic heterocycles. The van der Waals surface area contributed by atoms with Crippen molar-refractivity contribution in [2.45, 2.75) is 13.5 Å². The van der Waals surface area contributed by atoms with Crippen molar-refractivity contribution in [3.8, 4) is 0 Å². The van der Waals surface area contributed by atoms with Gasteiger partial charge in [0.25, 0.3) is 0 Å². The van der Waals surface area contributed by atoms with Gasteiger partial charge in [-0.3, -0.25) is 4.98 Å². The molecule has 0 amide bonds. The number of fused-ring (bicyclic) bond motifs is 1. The van der Waals surface area contributed by atoms with Gasteiger partial charge in [-0.05, 0) is 42.1 Å². The molecule has 2 heterocycles. The van der Waals surface area contributed by atoms with Crippen LogP contribution in [0.25, 0.3) is 10.8 Å². The number of aryl methyl sites for hydroxylation is 1. The molecule has 96 valence electrons. The molecule has 0 aliphatic rings. The van der Waals surface area contributed by atoms with E-state index in [-0.39, 0.29) is 0 Å². The zero-order valence-corrected chi connectivity index (χ0v) is 11.5. The number of aromatic nitrogens is 1. The van der Waals surface area contributed by atoms with Crippen molar-refractivity contribution in [2.24, 2.45) is 0 Å². The van der Waals surface area contributed by atoms with Crippen molar-refractivity contribution in [1.82, 2.24) is 4.98 Å². The van der Waals surface area contributed by atoms with Crippen molar-refractivity contribution in [1.29, 1.82) is 0 Å². The number of hydrogen-bond donors (Lipinski definition) is 2. The van der Waals surface area contributed by atoms with Gasteiger partial charge in [0, 0.05) is 46.0 Å². The van der Waals surface area contributed by atoms with Crippen molar-refractivity contribution >= 4 is 33.5 Å². The lowest BCUT2D eigenvalue weighted by Gasteiger charge is -2.10. The molecule has 19 heavy (non-hydrogen) atoms. The van der Waals surface area contributed by atoms with E-state index in [1.165, 1.54) is 10.4 Å². The molecule has 3 aromatic rings. The van der Waals surface area contributed by atoms with Crippen LogP contribution in [-0.2, 0) is 6.54 Å². The zero-order chi connectivity index (χ0) is 13.2. The van der Waals surface area contributed by atoms with E-state index in [0.717, 1.165) is 28.7 Å². The molecule has 0 radical (unpaired) electrons. The average molecular weight is 269 g/mol. The normalized spacial score (nSPS) is 10.8. The molecule has 0 aliphatic heterocycles. The molecule has 0 saturated heterocycles. The summed E-state index contributed by atoms with van der Waals surface area (Å²) in [5, 5.41) is 7.70. The summed E-state index contributed by atoms with van der Waals surface area (Å²) in [5.74, 6) is 0. The second-order valence-corrected chi connectivity index (χ2v) is 5.50. The average Bonchev–Trinajstić information content (AvgIpc) is 2.84. The second-order valence-electron chi connectivity index (χ2n) is 4.50.